The number of hydrogen-bond donors (Lipinski definition) is 1. The van der Waals surface area contributed by atoms with Crippen LogP contribution in [0.1, 0.15) is 87.5 Å². The van der Waals surface area contributed by atoms with Gasteiger partial charge in [-0.3, -0.25) is 0 Å². The Morgan fingerprint density at radius 1 is 0.737 bits per heavy atom. The lowest BCUT2D eigenvalue weighted by molar-refractivity contribution is 0.114. The molecule has 1 N–H and O–H groups in total. The van der Waals surface area contributed by atoms with Crippen molar-refractivity contribution in [3.8, 4) is 0 Å². The minimum Gasteiger partial charge on any atom is -0.393 e. The molecule has 3 unspecified atom stereocenters. The van der Waals surface area contributed by atoms with Gasteiger partial charge in [-0.1, -0.05) is 55.4 Å². The van der Waals surface area contributed by atoms with Gasteiger partial charge in [-0.25, -0.2) is 0 Å². The van der Waals surface area contributed by atoms with Crippen molar-refractivity contribution in [1.29, 1.82) is 0 Å². The number of hydrogen-bond acceptors (Lipinski definition) is 1. The molecule has 0 aliphatic carbocycles. The van der Waals surface area contributed by atoms with Crippen LogP contribution in [0.5, 0.6) is 0 Å². The van der Waals surface area contributed by atoms with Gasteiger partial charge in [-0.05, 0) is 54.8 Å². The van der Waals surface area contributed by atoms with Crippen LogP contribution >= 0.6 is 0 Å². The zero-order valence-electron chi connectivity index (χ0n) is 14.7. The molecule has 0 fully saturated rings. The molecule has 0 amide bonds. The summed E-state index contributed by atoms with van der Waals surface area (Å²) in [6.45, 7) is 18.3. The molecule has 1 heteroatoms. The van der Waals surface area contributed by atoms with Crippen LogP contribution < -0.4 is 0 Å². The minimum atomic E-state index is -0.111. The van der Waals surface area contributed by atoms with Crippen LogP contribution in [-0.2, 0) is 0 Å². The first kappa shape index (κ1) is 19.0. The van der Waals surface area contributed by atoms with Crippen LogP contribution in [0, 0.1) is 22.7 Å². The molecule has 0 saturated heterocycles. The maximum absolute atomic E-state index is 10.2. The second kappa shape index (κ2) is 7.67. The summed E-state index contributed by atoms with van der Waals surface area (Å²) < 4.78 is 0. The highest BCUT2D eigenvalue weighted by Crippen LogP contribution is 2.29. The van der Waals surface area contributed by atoms with Crippen LogP contribution in [0.3, 0.4) is 0 Å². The zero-order chi connectivity index (χ0) is 15.3. The monoisotopic (exact) mass is 270 g/mol. The van der Waals surface area contributed by atoms with E-state index in [0.29, 0.717) is 22.7 Å². The van der Waals surface area contributed by atoms with Crippen molar-refractivity contribution < 1.29 is 5.11 Å². The van der Waals surface area contributed by atoms with Gasteiger partial charge in [0, 0.05) is 0 Å². The fourth-order valence-electron chi connectivity index (χ4n) is 3.34. The van der Waals surface area contributed by atoms with Crippen molar-refractivity contribution in [3.63, 3.8) is 0 Å². The number of aliphatic hydroxyl groups excluding tert-OH is 1. The van der Waals surface area contributed by atoms with E-state index in [4.69, 9.17) is 0 Å². The Morgan fingerprint density at radius 3 is 1.58 bits per heavy atom. The van der Waals surface area contributed by atoms with Gasteiger partial charge < -0.3 is 5.11 Å². The van der Waals surface area contributed by atoms with E-state index in [1.165, 1.54) is 12.8 Å². The highest BCUT2D eigenvalue weighted by Gasteiger charge is 2.20. The van der Waals surface area contributed by atoms with E-state index >= 15 is 0 Å². The van der Waals surface area contributed by atoms with Gasteiger partial charge >= 0.3 is 0 Å². The Balaban J connectivity index is 3.89. The van der Waals surface area contributed by atoms with Gasteiger partial charge in [0.05, 0.1) is 6.10 Å². The maximum atomic E-state index is 10.2. The minimum absolute atomic E-state index is 0.111. The molecule has 1 nitrogen and oxygen atoms in total. The number of aliphatic hydroxyl groups is 1. The molecule has 0 radical (unpaired) electrons. The third-order valence-electron chi connectivity index (χ3n) is 3.59. The Bertz CT molecular complexity index is 231. The summed E-state index contributed by atoms with van der Waals surface area (Å²) in [5.41, 5.74) is 0.780. The van der Waals surface area contributed by atoms with Gasteiger partial charge in [0.15, 0.2) is 0 Å². The topological polar surface area (TPSA) is 20.2 Å². The van der Waals surface area contributed by atoms with Crippen LogP contribution in [-0.4, -0.2) is 11.2 Å². The van der Waals surface area contributed by atoms with E-state index in [2.05, 4.69) is 55.4 Å². The molecular formula is C18H38O. The molecule has 0 heterocycles. The normalized spacial score (nSPS) is 18.2. The fraction of sp³-hybridized carbons (Fsp3) is 1.00. The lowest BCUT2D eigenvalue weighted by atomic mass is 9.81. The van der Waals surface area contributed by atoms with E-state index in [1.54, 1.807) is 0 Å². The van der Waals surface area contributed by atoms with E-state index in [0.717, 1.165) is 19.3 Å². The molecule has 0 aromatic carbocycles. The number of rotatable bonds is 7. The first-order chi connectivity index (χ1) is 8.39. The average Bonchev–Trinajstić information content (AvgIpc) is 2.08. The first-order valence-electron chi connectivity index (χ1n) is 8.07. The standard InChI is InChI=1S/C18H38O/c1-14(12-17(3,4)5)9-10-16(19)11-15(2)13-18(6,7)8/h14-16,19H,9-13H2,1-8H3. The van der Waals surface area contributed by atoms with Gasteiger partial charge in [0.1, 0.15) is 0 Å². The predicted molar refractivity (Wildman–Crippen MR) is 86.3 cm³/mol. The molecule has 0 aliphatic rings. The maximum Gasteiger partial charge on any atom is 0.0542 e. The van der Waals surface area contributed by atoms with Gasteiger partial charge in [0.2, 0.25) is 0 Å². The molecule has 0 aromatic rings. The quantitative estimate of drug-likeness (QED) is 0.632. The van der Waals surface area contributed by atoms with Gasteiger partial charge in [0.25, 0.3) is 0 Å². The van der Waals surface area contributed by atoms with Crippen molar-refractivity contribution in [1.82, 2.24) is 0 Å². The van der Waals surface area contributed by atoms with Crippen LogP contribution in [0.4, 0.5) is 0 Å². The molecule has 0 saturated carbocycles. The summed E-state index contributed by atoms with van der Waals surface area (Å²) in [5, 5.41) is 10.2. The Morgan fingerprint density at radius 2 is 1.16 bits per heavy atom. The van der Waals surface area contributed by atoms with E-state index in [9.17, 15) is 5.11 Å². The van der Waals surface area contributed by atoms with Crippen LogP contribution in [0.2, 0.25) is 0 Å². The Hall–Kier alpha value is -0.0400. The molecule has 116 valence electrons. The Labute approximate surface area is 122 Å². The molecular weight excluding hydrogens is 232 g/mol. The highest BCUT2D eigenvalue weighted by molar-refractivity contribution is 4.71. The molecule has 0 bridgehead atoms. The summed E-state index contributed by atoms with van der Waals surface area (Å²) in [7, 11) is 0. The van der Waals surface area contributed by atoms with Crippen molar-refractivity contribution in [3.05, 3.63) is 0 Å². The fourth-order valence-corrected chi connectivity index (χ4v) is 3.34. The SMILES string of the molecule is CC(CCC(O)CC(C)CC(C)(C)C)CC(C)(C)C. The second-order valence-electron chi connectivity index (χ2n) is 9.21. The summed E-state index contributed by atoms with van der Waals surface area (Å²) in [4.78, 5) is 0. The van der Waals surface area contributed by atoms with Crippen molar-refractivity contribution in [2.75, 3.05) is 0 Å². The summed E-state index contributed by atoms with van der Waals surface area (Å²) >= 11 is 0. The molecule has 0 aromatic heterocycles. The van der Waals surface area contributed by atoms with E-state index in [1.807, 2.05) is 0 Å². The summed E-state index contributed by atoms with van der Waals surface area (Å²) in [6.07, 6.45) is 5.41. The van der Waals surface area contributed by atoms with Gasteiger partial charge in [-0.2, -0.15) is 0 Å². The molecule has 0 rings (SSSR count). The molecule has 0 spiro atoms. The van der Waals surface area contributed by atoms with E-state index in [-0.39, 0.29) is 6.10 Å². The van der Waals surface area contributed by atoms with Crippen LogP contribution in [0.25, 0.3) is 0 Å². The smallest absolute Gasteiger partial charge is 0.0542 e. The van der Waals surface area contributed by atoms with Crippen molar-refractivity contribution in [2.24, 2.45) is 22.7 Å². The molecule has 3 atom stereocenters. The molecule has 0 aliphatic heterocycles. The van der Waals surface area contributed by atoms with Crippen LogP contribution in [0.15, 0.2) is 0 Å². The third-order valence-corrected chi connectivity index (χ3v) is 3.59. The highest BCUT2D eigenvalue weighted by atomic mass is 16.3. The molecule has 19 heavy (non-hydrogen) atoms. The predicted octanol–water partition coefficient (Wildman–Crippen LogP) is 5.66. The Kier molecular flexibility index (Phi) is 7.65. The van der Waals surface area contributed by atoms with Crippen molar-refractivity contribution in [2.45, 2.75) is 93.6 Å². The van der Waals surface area contributed by atoms with Crippen molar-refractivity contribution >= 4 is 0 Å². The van der Waals surface area contributed by atoms with E-state index < -0.39 is 0 Å². The largest absolute Gasteiger partial charge is 0.393 e. The first-order valence-corrected chi connectivity index (χ1v) is 8.07. The lowest BCUT2D eigenvalue weighted by Gasteiger charge is -2.26. The second-order valence-corrected chi connectivity index (χ2v) is 9.21. The zero-order valence-corrected chi connectivity index (χ0v) is 14.7. The van der Waals surface area contributed by atoms with Gasteiger partial charge in [-0.15, -0.1) is 0 Å². The average molecular weight is 271 g/mol. The summed E-state index contributed by atoms with van der Waals surface area (Å²) in [6, 6.07) is 0. The lowest BCUT2D eigenvalue weighted by Crippen LogP contribution is -2.18. The summed E-state index contributed by atoms with van der Waals surface area (Å²) in [5.74, 6) is 1.33. The third kappa shape index (κ3) is 12.7.